The molecule has 8 heteroatoms. The standard InChI is InChI=1S/C26H21BrN2O4S/c1-2-29-24(30)23(34-26(29)28-21-11-8-18(9-12-21)25(31)32)15-19-14-20(27)10-13-22(19)33-16-17-6-4-3-5-7-17/h3-15H,2,16H2,1H3,(H,31,32). The van der Waals surface area contributed by atoms with Crippen molar-refractivity contribution in [3.05, 3.63) is 98.9 Å². The summed E-state index contributed by atoms with van der Waals surface area (Å²) in [5.74, 6) is -0.461. The summed E-state index contributed by atoms with van der Waals surface area (Å²) in [6, 6.07) is 21.8. The molecule has 0 radical (unpaired) electrons. The first-order valence-electron chi connectivity index (χ1n) is 10.5. The number of amidine groups is 1. The van der Waals surface area contributed by atoms with Crippen molar-refractivity contribution in [1.29, 1.82) is 0 Å². The van der Waals surface area contributed by atoms with Gasteiger partial charge in [-0.2, -0.15) is 0 Å². The molecular weight excluding hydrogens is 516 g/mol. The van der Waals surface area contributed by atoms with E-state index in [1.165, 1.54) is 23.9 Å². The number of halogens is 1. The number of carbonyl (C=O) groups is 2. The number of hydrogen-bond donors (Lipinski definition) is 1. The van der Waals surface area contributed by atoms with Crippen molar-refractivity contribution < 1.29 is 19.4 Å². The van der Waals surface area contributed by atoms with Crippen LogP contribution in [0.15, 0.2) is 87.2 Å². The first-order valence-corrected chi connectivity index (χ1v) is 12.2. The molecule has 0 unspecified atom stereocenters. The Balaban J connectivity index is 1.61. The van der Waals surface area contributed by atoms with Crippen molar-refractivity contribution in [2.24, 2.45) is 4.99 Å². The lowest BCUT2D eigenvalue weighted by Crippen LogP contribution is -2.28. The van der Waals surface area contributed by atoms with Crippen LogP contribution in [-0.4, -0.2) is 33.6 Å². The highest BCUT2D eigenvalue weighted by atomic mass is 79.9. The lowest BCUT2D eigenvalue weighted by molar-refractivity contribution is -0.122. The molecule has 1 heterocycles. The third-order valence-corrected chi connectivity index (χ3v) is 6.54. The number of thioether (sulfide) groups is 1. The maximum absolute atomic E-state index is 13.1. The molecule has 172 valence electrons. The summed E-state index contributed by atoms with van der Waals surface area (Å²) >= 11 is 4.78. The third kappa shape index (κ3) is 5.58. The molecule has 1 amide bonds. The molecule has 0 spiro atoms. The first-order chi connectivity index (χ1) is 16.4. The van der Waals surface area contributed by atoms with E-state index in [1.54, 1.807) is 17.0 Å². The topological polar surface area (TPSA) is 79.2 Å². The van der Waals surface area contributed by atoms with E-state index in [2.05, 4.69) is 20.9 Å². The van der Waals surface area contributed by atoms with Gasteiger partial charge < -0.3 is 9.84 Å². The van der Waals surface area contributed by atoms with Gasteiger partial charge in [0.25, 0.3) is 5.91 Å². The maximum Gasteiger partial charge on any atom is 0.335 e. The highest BCUT2D eigenvalue weighted by molar-refractivity contribution is 9.10. The summed E-state index contributed by atoms with van der Waals surface area (Å²) in [6.07, 6.45) is 1.82. The van der Waals surface area contributed by atoms with Crippen molar-refractivity contribution in [2.75, 3.05) is 6.54 Å². The van der Waals surface area contributed by atoms with E-state index in [-0.39, 0.29) is 11.5 Å². The minimum atomic E-state index is -0.996. The number of ether oxygens (including phenoxy) is 1. The smallest absolute Gasteiger partial charge is 0.335 e. The lowest BCUT2D eigenvalue weighted by atomic mass is 10.1. The number of likely N-dealkylation sites (N-methyl/N-ethyl adjacent to an activating group) is 1. The van der Waals surface area contributed by atoms with Gasteiger partial charge in [-0.05, 0) is 72.8 Å². The van der Waals surface area contributed by atoms with Gasteiger partial charge in [-0.3, -0.25) is 9.69 Å². The Hall–Kier alpha value is -3.36. The molecule has 1 fully saturated rings. The molecular formula is C26H21BrN2O4S. The van der Waals surface area contributed by atoms with Crippen LogP contribution in [-0.2, 0) is 11.4 Å². The fourth-order valence-corrected chi connectivity index (χ4v) is 4.73. The van der Waals surface area contributed by atoms with Crippen molar-refractivity contribution in [3.8, 4) is 5.75 Å². The van der Waals surface area contributed by atoms with Crippen molar-refractivity contribution in [2.45, 2.75) is 13.5 Å². The Bertz CT molecular complexity index is 1270. The Labute approximate surface area is 210 Å². The highest BCUT2D eigenvalue weighted by Gasteiger charge is 2.32. The summed E-state index contributed by atoms with van der Waals surface area (Å²) in [7, 11) is 0. The van der Waals surface area contributed by atoms with Gasteiger partial charge in [0, 0.05) is 16.6 Å². The Morgan fingerprint density at radius 2 is 1.85 bits per heavy atom. The van der Waals surface area contributed by atoms with Crippen LogP contribution in [0.3, 0.4) is 0 Å². The van der Waals surface area contributed by atoms with Crippen LogP contribution in [0.5, 0.6) is 5.75 Å². The predicted molar refractivity (Wildman–Crippen MR) is 138 cm³/mol. The molecule has 0 bridgehead atoms. The number of carboxylic acids is 1. The van der Waals surface area contributed by atoms with Gasteiger partial charge in [0.1, 0.15) is 12.4 Å². The minimum Gasteiger partial charge on any atom is -0.488 e. The Kier molecular flexibility index (Phi) is 7.49. The maximum atomic E-state index is 13.1. The van der Waals surface area contributed by atoms with E-state index in [4.69, 9.17) is 9.84 Å². The molecule has 1 saturated heterocycles. The van der Waals surface area contributed by atoms with Gasteiger partial charge in [0.2, 0.25) is 0 Å². The van der Waals surface area contributed by atoms with Crippen LogP contribution in [0.4, 0.5) is 5.69 Å². The van der Waals surface area contributed by atoms with Gasteiger partial charge in [-0.1, -0.05) is 46.3 Å². The van der Waals surface area contributed by atoms with E-state index in [0.29, 0.717) is 34.7 Å². The van der Waals surface area contributed by atoms with Crippen LogP contribution in [0.1, 0.15) is 28.4 Å². The number of nitrogens with zero attached hydrogens (tertiary/aromatic N) is 2. The van der Waals surface area contributed by atoms with Crippen LogP contribution in [0.25, 0.3) is 6.08 Å². The highest BCUT2D eigenvalue weighted by Crippen LogP contribution is 2.36. The van der Waals surface area contributed by atoms with Gasteiger partial charge in [0.15, 0.2) is 5.17 Å². The number of aromatic carboxylic acids is 1. The summed E-state index contributed by atoms with van der Waals surface area (Å²) in [6.45, 7) is 2.77. The summed E-state index contributed by atoms with van der Waals surface area (Å²) in [5.41, 5.74) is 2.60. The molecule has 1 aliphatic heterocycles. The number of hydrogen-bond acceptors (Lipinski definition) is 5. The molecule has 34 heavy (non-hydrogen) atoms. The second kappa shape index (κ2) is 10.7. The molecule has 1 aliphatic rings. The van der Waals surface area contributed by atoms with Gasteiger partial charge >= 0.3 is 5.97 Å². The average Bonchev–Trinajstić information content (AvgIpc) is 3.13. The molecule has 0 atom stereocenters. The summed E-state index contributed by atoms with van der Waals surface area (Å²) in [5, 5.41) is 9.63. The number of carboxylic acid groups (broad SMARTS) is 1. The molecule has 0 saturated carbocycles. The first kappa shape index (κ1) is 23.8. The van der Waals surface area contributed by atoms with E-state index in [1.807, 2.05) is 61.5 Å². The normalized spacial score (nSPS) is 15.8. The number of amides is 1. The minimum absolute atomic E-state index is 0.137. The molecule has 1 N–H and O–H groups in total. The van der Waals surface area contributed by atoms with Crippen molar-refractivity contribution in [3.63, 3.8) is 0 Å². The van der Waals surface area contributed by atoms with Crippen molar-refractivity contribution >= 4 is 56.5 Å². The fourth-order valence-electron chi connectivity index (χ4n) is 3.30. The molecule has 3 aromatic rings. The monoisotopic (exact) mass is 536 g/mol. The zero-order chi connectivity index (χ0) is 24.1. The van der Waals surface area contributed by atoms with Gasteiger partial charge in [-0.15, -0.1) is 0 Å². The van der Waals surface area contributed by atoms with Crippen molar-refractivity contribution in [1.82, 2.24) is 4.90 Å². The molecule has 0 aliphatic carbocycles. The number of carbonyl (C=O) groups excluding carboxylic acids is 1. The molecule has 0 aromatic heterocycles. The van der Waals surface area contributed by atoms with Crippen LogP contribution < -0.4 is 4.74 Å². The van der Waals surface area contributed by atoms with E-state index in [0.717, 1.165) is 15.6 Å². The number of benzene rings is 3. The molecule has 3 aromatic carbocycles. The van der Waals surface area contributed by atoms with E-state index < -0.39 is 5.97 Å². The largest absolute Gasteiger partial charge is 0.488 e. The third-order valence-electron chi connectivity index (χ3n) is 5.04. The SMILES string of the molecule is CCN1C(=O)C(=Cc2cc(Br)ccc2OCc2ccccc2)SC1=Nc1ccc(C(=O)O)cc1. The van der Waals surface area contributed by atoms with E-state index >= 15 is 0 Å². The summed E-state index contributed by atoms with van der Waals surface area (Å²) < 4.78 is 6.93. The second-order valence-electron chi connectivity index (χ2n) is 7.36. The van der Waals surface area contributed by atoms with Crippen LogP contribution in [0.2, 0.25) is 0 Å². The van der Waals surface area contributed by atoms with Crippen LogP contribution in [0, 0.1) is 0 Å². The van der Waals surface area contributed by atoms with Gasteiger partial charge in [-0.25, -0.2) is 9.79 Å². The molecule has 4 rings (SSSR count). The lowest BCUT2D eigenvalue weighted by Gasteiger charge is -2.12. The van der Waals surface area contributed by atoms with E-state index in [9.17, 15) is 9.59 Å². The fraction of sp³-hybridized carbons (Fsp3) is 0.115. The number of rotatable bonds is 7. The zero-order valence-electron chi connectivity index (χ0n) is 18.3. The number of aliphatic imine (C=N–C) groups is 1. The average molecular weight is 537 g/mol. The Morgan fingerprint density at radius 3 is 2.53 bits per heavy atom. The van der Waals surface area contributed by atoms with Crippen LogP contribution >= 0.6 is 27.7 Å². The Morgan fingerprint density at radius 1 is 1.12 bits per heavy atom. The summed E-state index contributed by atoms with van der Waals surface area (Å²) in [4.78, 5) is 30.9. The predicted octanol–water partition coefficient (Wildman–Crippen LogP) is 6.35. The quantitative estimate of drug-likeness (QED) is 0.356. The zero-order valence-corrected chi connectivity index (χ0v) is 20.7. The van der Waals surface area contributed by atoms with Gasteiger partial charge in [0.05, 0.1) is 16.2 Å². The second-order valence-corrected chi connectivity index (χ2v) is 9.29. The molecule has 6 nitrogen and oxygen atoms in total.